The van der Waals surface area contributed by atoms with Gasteiger partial charge in [-0.2, -0.15) is 0 Å². The van der Waals surface area contributed by atoms with Crippen LogP contribution in [0.2, 0.25) is 0 Å². The van der Waals surface area contributed by atoms with Gasteiger partial charge in [0.05, 0.1) is 19.8 Å². The standard InChI is InChI=1S/C17H27N7O/c1-14(13-23-7-9-25-10-8-23)11-19-17(18-2)20-12-16-22-21-15-5-3-4-6-24(15)16/h3-6,14H,7-13H2,1-2H3,(H2,18,19,20). The van der Waals surface area contributed by atoms with Gasteiger partial charge in [-0.3, -0.25) is 14.3 Å². The van der Waals surface area contributed by atoms with Gasteiger partial charge >= 0.3 is 0 Å². The molecule has 1 atom stereocenters. The summed E-state index contributed by atoms with van der Waals surface area (Å²) >= 11 is 0. The lowest BCUT2D eigenvalue weighted by molar-refractivity contribution is 0.0320. The smallest absolute Gasteiger partial charge is 0.191 e. The second-order valence-electron chi connectivity index (χ2n) is 6.37. The molecule has 0 aromatic carbocycles. The Labute approximate surface area is 148 Å². The van der Waals surface area contributed by atoms with Gasteiger partial charge in [-0.25, -0.2) is 0 Å². The normalized spacial score (nSPS) is 17.6. The molecule has 3 rings (SSSR count). The maximum Gasteiger partial charge on any atom is 0.191 e. The molecule has 1 unspecified atom stereocenters. The Bertz CT molecular complexity index is 693. The maximum absolute atomic E-state index is 5.40. The van der Waals surface area contributed by atoms with Crippen LogP contribution in [-0.4, -0.2) is 71.9 Å². The van der Waals surface area contributed by atoms with Crippen LogP contribution in [0.1, 0.15) is 12.7 Å². The lowest BCUT2D eigenvalue weighted by Crippen LogP contribution is -2.43. The summed E-state index contributed by atoms with van der Waals surface area (Å²) < 4.78 is 7.37. The molecule has 2 aromatic heterocycles. The molecule has 0 bridgehead atoms. The van der Waals surface area contributed by atoms with Crippen molar-refractivity contribution in [3.8, 4) is 0 Å². The summed E-state index contributed by atoms with van der Waals surface area (Å²) in [5.74, 6) is 2.17. The van der Waals surface area contributed by atoms with Crippen molar-refractivity contribution in [2.45, 2.75) is 13.5 Å². The molecule has 0 aliphatic carbocycles. The van der Waals surface area contributed by atoms with Crippen LogP contribution in [0.5, 0.6) is 0 Å². The number of fused-ring (bicyclic) bond motifs is 1. The van der Waals surface area contributed by atoms with Crippen LogP contribution in [0.15, 0.2) is 29.4 Å². The van der Waals surface area contributed by atoms with E-state index in [9.17, 15) is 0 Å². The molecule has 0 saturated carbocycles. The van der Waals surface area contributed by atoms with E-state index in [0.29, 0.717) is 12.5 Å². The highest BCUT2D eigenvalue weighted by atomic mass is 16.5. The zero-order valence-electron chi connectivity index (χ0n) is 15.0. The van der Waals surface area contributed by atoms with Crippen LogP contribution < -0.4 is 10.6 Å². The summed E-state index contributed by atoms with van der Waals surface area (Å²) in [6.45, 7) is 8.50. The third-order valence-corrected chi connectivity index (χ3v) is 4.31. The number of morpholine rings is 1. The van der Waals surface area contributed by atoms with E-state index in [0.717, 1.165) is 56.8 Å². The van der Waals surface area contributed by atoms with Crippen molar-refractivity contribution >= 4 is 11.6 Å². The van der Waals surface area contributed by atoms with Crippen LogP contribution in [0, 0.1) is 5.92 Å². The van der Waals surface area contributed by atoms with Crippen LogP contribution >= 0.6 is 0 Å². The number of nitrogens with zero attached hydrogens (tertiary/aromatic N) is 5. The Morgan fingerprint density at radius 3 is 2.92 bits per heavy atom. The van der Waals surface area contributed by atoms with E-state index in [-0.39, 0.29) is 0 Å². The average Bonchev–Trinajstić information content (AvgIpc) is 3.06. The third-order valence-electron chi connectivity index (χ3n) is 4.31. The number of guanidine groups is 1. The minimum absolute atomic E-state index is 0.533. The van der Waals surface area contributed by atoms with Gasteiger partial charge in [0.1, 0.15) is 0 Å². The van der Waals surface area contributed by atoms with Crippen LogP contribution in [0.4, 0.5) is 0 Å². The number of aliphatic imine (C=N–C) groups is 1. The molecule has 0 amide bonds. The van der Waals surface area contributed by atoms with Crippen molar-refractivity contribution in [1.82, 2.24) is 30.1 Å². The second-order valence-corrected chi connectivity index (χ2v) is 6.37. The monoisotopic (exact) mass is 345 g/mol. The minimum Gasteiger partial charge on any atom is -0.379 e. The van der Waals surface area contributed by atoms with Crippen molar-refractivity contribution in [2.75, 3.05) is 46.4 Å². The molecule has 8 nitrogen and oxygen atoms in total. The van der Waals surface area contributed by atoms with Crippen LogP contribution in [0.25, 0.3) is 5.65 Å². The Kier molecular flexibility index (Phi) is 6.19. The van der Waals surface area contributed by atoms with Crippen molar-refractivity contribution in [3.05, 3.63) is 30.2 Å². The number of aromatic nitrogens is 3. The Morgan fingerprint density at radius 1 is 1.28 bits per heavy atom. The summed E-state index contributed by atoms with van der Waals surface area (Å²) in [7, 11) is 1.78. The molecule has 1 aliphatic rings. The van der Waals surface area contributed by atoms with Crippen molar-refractivity contribution in [2.24, 2.45) is 10.9 Å². The largest absolute Gasteiger partial charge is 0.379 e. The SMILES string of the molecule is CN=C(NCc1nnc2ccccn12)NCC(C)CN1CCOCC1. The van der Waals surface area contributed by atoms with E-state index in [2.05, 4.69) is 37.6 Å². The number of hydrogen-bond acceptors (Lipinski definition) is 5. The molecule has 25 heavy (non-hydrogen) atoms. The fraction of sp³-hybridized carbons (Fsp3) is 0.588. The van der Waals surface area contributed by atoms with E-state index in [1.807, 2.05) is 28.8 Å². The molecule has 3 heterocycles. The topological polar surface area (TPSA) is 79.1 Å². The predicted molar refractivity (Wildman–Crippen MR) is 97.6 cm³/mol. The molecule has 136 valence electrons. The molecule has 1 aliphatic heterocycles. The number of pyridine rings is 1. The molecule has 2 N–H and O–H groups in total. The number of nitrogens with one attached hydrogen (secondary N) is 2. The van der Waals surface area contributed by atoms with Crippen molar-refractivity contribution in [1.29, 1.82) is 0 Å². The first-order valence-electron chi connectivity index (χ1n) is 8.79. The van der Waals surface area contributed by atoms with Gasteiger partial charge in [0.25, 0.3) is 0 Å². The third kappa shape index (κ3) is 4.90. The molecule has 1 saturated heterocycles. The summed E-state index contributed by atoms with van der Waals surface area (Å²) in [4.78, 5) is 6.74. The summed E-state index contributed by atoms with van der Waals surface area (Å²) in [5, 5.41) is 15.1. The lowest BCUT2D eigenvalue weighted by Gasteiger charge is -2.29. The molecular weight excluding hydrogens is 318 g/mol. The highest BCUT2D eigenvalue weighted by Crippen LogP contribution is 2.03. The first-order valence-corrected chi connectivity index (χ1v) is 8.79. The van der Waals surface area contributed by atoms with Crippen LogP contribution in [-0.2, 0) is 11.3 Å². The van der Waals surface area contributed by atoms with Crippen molar-refractivity contribution < 1.29 is 4.74 Å². The zero-order valence-corrected chi connectivity index (χ0v) is 15.0. The molecule has 1 fully saturated rings. The fourth-order valence-corrected chi connectivity index (χ4v) is 2.95. The first kappa shape index (κ1) is 17.6. The number of ether oxygens (including phenoxy) is 1. The number of hydrogen-bond donors (Lipinski definition) is 2. The van der Waals surface area contributed by atoms with E-state index < -0.39 is 0 Å². The lowest BCUT2D eigenvalue weighted by atomic mass is 10.1. The van der Waals surface area contributed by atoms with Gasteiger partial charge in [-0.1, -0.05) is 13.0 Å². The quantitative estimate of drug-likeness (QED) is 0.581. The molecule has 8 heteroatoms. The molecular formula is C17H27N7O. The van der Waals surface area contributed by atoms with Gasteiger partial charge in [-0.05, 0) is 18.1 Å². The summed E-state index contributed by atoms with van der Waals surface area (Å²) in [6.07, 6.45) is 1.97. The zero-order chi connectivity index (χ0) is 17.5. The maximum atomic E-state index is 5.40. The van der Waals surface area contributed by atoms with Gasteiger partial charge in [0, 0.05) is 39.4 Å². The van der Waals surface area contributed by atoms with E-state index in [4.69, 9.17) is 4.74 Å². The molecule has 0 radical (unpaired) electrons. The summed E-state index contributed by atoms with van der Waals surface area (Å²) in [6, 6.07) is 5.87. The fourth-order valence-electron chi connectivity index (χ4n) is 2.95. The highest BCUT2D eigenvalue weighted by Gasteiger charge is 2.14. The predicted octanol–water partition coefficient (Wildman–Crippen LogP) is 0.363. The Morgan fingerprint density at radius 2 is 2.12 bits per heavy atom. The van der Waals surface area contributed by atoms with Gasteiger partial charge in [0.15, 0.2) is 17.4 Å². The first-order chi connectivity index (χ1) is 12.3. The van der Waals surface area contributed by atoms with Crippen LogP contribution in [0.3, 0.4) is 0 Å². The van der Waals surface area contributed by atoms with E-state index in [1.165, 1.54) is 0 Å². The second kappa shape index (κ2) is 8.77. The van der Waals surface area contributed by atoms with Gasteiger partial charge < -0.3 is 15.4 Å². The molecule has 0 spiro atoms. The highest BCUT2D eigenvalue weighted by molar-refractivity contribution is 5.79. The Balaban J connectivity index is 1.44. The van der Waals surface area contributed by atoms with Gasteiger partial charge in [-0.15, -0.1) is 10.2 Å². The summed E-state index contributed by atoms with van der Waals surface area (Å²) in [5.41, 5.74) is 0.848. The molecule has 2 aromatic rings. The van der Waals surface area contributed by atoms with Gasteiger partial charge in [0.2, 0.25) is 0 Å². The van der Waals surface area contributed by atoms with E-state index in [1.54, 1.807) is 7.05 Å². The van der Waals surface area contributed by atoms with E-state index >= 15 is 0 Å². The Hall–Kier alpha value is -2.19. The minimum atomic E-state index is 0.533. The average molecular weight is 345 g/mol. The number of rotatable bonds is 6. The van der Waals surface area contributed by atoms with Crippen molar-refractivity contribution in [3.63, 3.8) is 0 Å².